The van der Waals surface area contributed by atoms with Gasteiger partial charge in [-0.3, -0.25) is 0 Å². The Labute approximate surface area is 175 Å². The molecule has 0 aliphatic carbocycles. The van der Waals surface area contributed by atoms with Crippen molar-refractivity contribution in [3.63, 3.8) is 0 Å². The van der Waals surface area contributed by atoms with Gasteiger partial charge in [0, 0.05) is 0 Å². The van der Waals surface area contributed by atoms with Crippen LogP contribution in [0.25, 0.3) is 0 Å². The zero-order valence-corrected chi connectivity index (χ0v) is 16.7. The second kappa shape index (κ2) is 8.95. The molecule has 0 saturated heterocycles. The lowest BCUT2D eigenvalue weighted by Gasteiger charge is -2.31. The molecule has 2 aromatic carbocycles. The Bertz CT molecular complexity index is 855. The minimum absolute atomic E-state index is 0. The summed E-state index contributed by atoms with van der Waals surface area (Å²) < 4.78 is 77.3. The lowest BCUT2D eigenvalue weighted by atomic mass is 9.72. The molecule has 30 heavy (non-hydrogen) atoms. The minimum atomic E-state index is -4.52. The van der Waals surface area contributed by atoms with E-state index >= 15 is 0 Å². The van der Waals surface area contributed by atoms with Crippen LogP contribution in [0.1, 0.15) is 36.1 Å². The molecule has 0 spiro atoms. The highest BCUT2D eigenvalue weighted by atomic mass is 35.5. The number of benzene rings is 2. The van der Waals surface area contributed by atoms with Crippen molar-refractivity contribution in [3.05, 3.63) is 70.8 Å². The van der Waals surface area contributed by atoms with Crippen LogP contribution in [0.15, 0.2) is 58.7 Å². The van der Waals surface area contributed by atoms with Gasteiger partial charge < -0.3 is 11.5 Å². The molecule has 0 fully saturated rings. The molecule has 2 aromatic rings. The van der Waals surface area contributed by atoms with E-state index in [4.69, 9.17) is 11.5 Å². The van der Waals surface area contributed by atoms with Gasteiger partial charge in [-0.25, -0.2) is 0 Å². The summed E-state index contributed by atoms with van der Waals surface area (Å²) in [5.74, 6) is -0.341. The van der Waals surface area contributed by atoms with Crippen LogP contribution < -0.4 is 11.5 Å². The number of guanidine groups is 1. The van der Waals surface area contributed by atoms with Crippen LogP contribution in [0.5, 0.6) is 0 Å². The molecule has 0 saturated carbocycles. The average molecular weight is 453 g/mol. The summed E-state index contributed by atoms with van der Waals surface area (Å²) in [7, 11) is 0. The number of hydrogen-bond donors (Lipinski definition) is 2. The summed E-state index contributed by atoms with van der Waals surface area (Å²) in [6.45, 7) is 3.14. The molecule has 0 aliphatic rings. The maximum Gasteiger partial charge on any atom is 0.416 e. The van der Waals surface area contributed by atoms with Crippen molar-refractivity contribution >= 4 is 24.1 Å². The third-order valence-electron chi connectivity index (χ3n) is 4.62. The van der Waals surface area contributed by atoms with Crippen LogP contribution in [0.4, 0.5) is 26.3 Å². The zero-order chi connectivity index (χ0) is 22.0. The lowest BCUT2D eigenvalue weighted by molar-refractivity contribution is -0.138. The normalized spacial score (nSPS) is 12.9. The highest BCUT2D eigenvalue weighted by Crippen LogP contribution is 2.38. The molecule has 4 N–H and O–H groups in total. The second-order valence-corrected chi connectivity index (χ2v) is 6.49. The van der Waals surface area contributed by atoms with Crippen molar-refractivity contribution in [1.29, 1.82) is 0 Å². The van der Waals surface area contributed by atoms with Gasteiger partial charge in [0.1, 0.15) is 0 Å². The molecule has 2 rings (SSSR count). The molecule has 0 unspecified atom stereocenters. The summed E-state index contributed by atoms with van der Waals surface area (Å²) in [5, 5.41) is 7.46. The summed E-state index contributed by atoms with van der Waals surface area (Å²) in [5.41, 5.74) is 8.66. The van der Waals surface area contributed by atoms with Gasteiger partial charge in [0.15, 0.2) is 0 Å². The predicted molar refractivity (Wildman–Crippen MR) is 106 cm³/mol. The van der Waals surface area contributed by atoms with Crippen LogP contribution in [-0.4, -0.2) is 11.7 Å². The number of nitrogens with zero attached hydrogens (tertiary/aromatic N) is 2. The fraction of sp³-hybridized carbons (Fsp3) is 0.263. The van der Waals surface area contributed by atoms with Gasteiger partial charge in [-0.1, -0.05) is 24.3 Å². The Morgan fingerprint density at radius 3 is 1.23 bits per heavy atom. The molecular formula is C19H19ClF6N4. The molecule has 0 aromatic heterocycles. The van der Waals surface area contributed by atoms with Crippen molar-refractivity contribution in [2.75, 3.05) is 0 Å². The topological polar surface area (TPSA) is 76.8 Å². The summed E-state index contributed by atoms with van der Waals surface area (Å²) in [4.78, 5) is 0. The minimum Gasteiger partial charge on any atom is -0.369 e. The smallest absolute Gasteiger partial charge is 0.369 e. The van der Waals surface area contributed by atoms with Crippen molar-refractivity contribution in [2.45, 2.75) is 31.6 Å². The fourth-order valence-corrected chi connectivity index (χ4v) is 2.80. The SMILES string of the molecule is C/C(=N\N=C(N)N)C(C)(c1ccc(C(F)(F)F)cc1)c1ccc(C(F)(F)F)cc1.Cl. The van der Waals surface area contributed by atoms with Crippen LogP contribution >= 0.6 is 12.4 Å². The van der Waals surface area contributed by atoms with Crippen molar-refractivity contribution in [3.8, 4) is 0 Å². The quantitative estimate of drug-likeness (QED) is 0.293. The highest BCUT2D eigenvalue weighted by molar-refractivity contribution is 5.96. The Hall–Kier alpha value is -2.75. The molecular weight excluding hydrogens is 434 g/mol. The van der Waals surface area contributed by atoms with Crippen LogP contribution in [0.2, 0.25) is 0 Å². The predicted octanol–water partition coefficient (Wildman–Crippen LogP) is 5.10. The summed E-state index contributed by atoms with van der Waals surface area (Å²) >= 11 is 0. The molecule has 0 radical (unpaired) electrons. The average Bonchev–Trinajstić information content (AvgIpc) is 2.64. The highest BCUT2D eigenvalue weighted by Gasteiger charge is 2.36. The molecule has 11 heteroatoms. The number of alkyl halides is 6. The Morgan fingerprint density at radius 1 is 0.667 bits per heavy atom. The Balaban J connectivity index is 0.00000450. The maximum atomic E-state index is 12.9. The van der Waals surface area contributed by atoms with Crippen molar-refractivity contribution in [2.24, 2.45) is 21.7 Å². The monoisotopic (exact) mass is 452 g/mol. The molecule has 0 atom stereocenters. The van der Waals surface area contributed by atoms with Crippen LogP contribution in [0, 0.1) is 0 Å². The van der Waals surface area contributed by atoms with Gasteiger partial charge in [0.2, 0.25) is 5.96 Å². The van der Waals surface area contributed by atoms with E-state index in [1.54, 1.807) is 6.92 Å². The van der Waals surface area contributed by atoms with Gasteiger partial charge in [-0.05, 0) is 49.2 Å². The van der Waals surface area contributed by atoms with E-state index in [2.05, 4.69) is 10.2 Å². The standard InChI is InChI=1S/C19H18F6N4.ClH/c1-11(28-29-16(26)27)17(2,12-3-7-14(8-4-12)18(20,21)22)13-5-9-15(10-6-13)19(23,24)25;/h3-10H,1-2H3,(H4,26,27,29);1H/b28-11+;. The lowest BCUT2D eigenvalue weighted by Crippen LogP contribution is -2.33. The molecule has 0 bridgehead atoms. The largest absolute Gasteiger partial charge is 0.416 e. The van der Waals surface area contributed by atoms with E-state index in [0.29, 0.717) is 11.1 Å². The van der Waals surface area contributed by atoms with Crippen molar-refractivity contribution < 1.29 is 26.3 Å². The number of hydrogen-bond acceptors (Lipinski definition) is 2. The van der Waals surface area contributed by atoms with Gasteiger partial charge in [0.05, 0.1) is 22.3 Å². The van der Waals surface area contributed by atoms with E-state index in [1.807, 2.05) is 0 Å². The van der Waals surface area contributed by atoms with Gasteiger partial charge in [-0.2, -0.15) is 31.4 Å². The first kappa shape index (κ1) is 25.3. The summed E-state index contributed by atoms with van der Waals surface area (Å²) in [6.07, 6.45) is -9.05. The molecule has 0 heterocycles. The molecule has 4 nitrogen and oxygen atoms in total. The van der Waals surface area contributed by atoms with E-state index in [9.17, 15) is 26.3 Å². The number of halogens is 7. The summed E-state index contributed by atoms with van der Waals surface area (Å²) in [6, 6.07) is 8.56. The third-order valence-corrected chi connectivity index (χ3v) is 4.62. The van der Waals surface area contributed by atoms with Crippen LogP contribution in [-0.2, 0) is 17.8 Å². The third kappa shape index (κ3) is 5.44. The van der Waals surface area contributed by atoms with E-state index < -0.39 is 28.9 Å². The zero-order valence-electron chi connectivity index (χ0n) is 15.8. The number of rotatable bonds is 4. The number of nitrogens with two attached hydrogens (primary N) is 2. The van der Waals surface area contributed by atoms with E-state index in [-0.39, 0.29) is 24.1 Å². The van der Waals surface area contributed by atoms with Crippen LogP contribution in [0.3, 0.4) is 0 Å². The van der Waals surface area contributed by atoms with Gasteiger partial charge in [0.25, 0.3) is 0 Å². The Morgan fingerprint density at radius 2 is 0.967 bits per heavy atom. The first-order valence-corrected chi connectivity index (χ1v) is 8.25. The van der Waals surface area contributed by atoms with Crippen molar-refractivity contribution in [1.82, 2.24) is 0 Å². The first-order chi connectivity index (χ1) is 13.3. The van der Waals surface area contributed by atoms with Gasteiger partial charge in [-0.15, -0.1) is 17.5 Å². The van der Waals surface area contributed by atoms with Gasteiger partial charge >= 0.3 is 12.4 Å². The molecule has 0 aliphatic heterocycles. The maximum absolute atomic E-state index is 12.9. The van der Waals surface area contributed by atoms with E-state index in [0.717, 1.165) is 24.3 Å². The molecule has 164 valence electrons. The fourth-order valence-electron chi connectivity index (χ4n) is 2.80. The Kier molecular flexibility index (Phi) is 7.54. The van der Waals surface area contributed by atoms with E-state index in [1.165, 1.54) is 31.2 Å². The first-order valence-electron chi connectivity index (χ1n) is 8.25. The second-order valence-electron chi connectivity index (χ2n) is 6.49. The molecule has 0 amide bonds.